The summed E-state index contributed by atoms with van der Waals surface area (Å²) in [6, 6.07) is 8.22. The molecule has 4 nitrogen and oxygen atoms in total. The van der Waals surface area contributed by atoms with Crippen molar-refractivity contribution in [3.63, 3.8) is 0 Å². The molecular formula is C14H22N2O2. The molecule has 2 rings (SSSR count). The molecule has 1 saturated heterocycles. The lowest BCUT2D eigenvalue weighted by molar-refractivity contribution is 0.216. The molecule has 1 heterocycles. The Morgan fingerprint density at radius 2 is 2.00 bits per heavy atom. The number of aliphatic hydroxyl groups is 1. The van der Waals surface area contributed by atoms with Gasteiger partial charge in [-0.05, 0) is 18.6 Å². The third-order valence-electron chi connectivity index (χ3n) is 3.42. The SMILES string of the molecule is COc1cccc(N2CCN(CCCO)CC2)c1. The number of benzene rings is 1. The Bertz CT molecular complexity index is 363. The monoisotopic (exact) mass is 250 g/mol. The van der Waals surface area contributed by atoms with Gasteiger partial charge in [0, 0.05) is 51.1 Å². The van der Waals surface area contributed by atoms with E-state index in [9.17, 15) is 0 Å². The largest absolute Gasteiger partial charge is 0.497 e. The molecule has 0 atom stereocenters. The van der Waals surface area contributed by atoms with Crippen molar-refractivity contribution in [3.8, 4) is 5.75 Å². The maximum absolute atomic E-state index is 8.83. The number of rotatable bonds is 5. The van der Waals surface area contributed by atoms with E-state index in [-0.39, 0.29) is 6.61 Å². The van der Waals surface area contributed by atoms with Crippen LogP contribution in [0.15, 0.2) is 24.3 Å². The normalized spacial score (nSPS) is 16.9. The zero-order valence-electron chi connectivity index (χ0n) is 11.0. The van der Waals surface area contributed by atoms with Gasteiger partial charge in [-0.25, -0.2) is 0 Å². The molecule has 0 radical (unpaired) electrons. The molecule has 0 amide bonds. The fraction of sp³-hybridized carbons (Fsp3) is 0.571. The van der Waals surface area contributed by atoms with Crippen molar-refractivity contribution in [2.45, 2.75) is 6.42 Å². The van der Waals surface area contributed by atoms with Crippen molar-refractivity contribution < 1.29 is 9.84 Å². The lowest BCUT2D eigenvalue weighted by Gasteiger charge is -2.36. The second kappa shape index (κ2) is 6.61. The standard InChI is InChI=1S/C14H22N2O2/c1-18-14-5-2-4-13(12-14)16-9-7-15(8-10-16)6-3-11-17/h2,4-5,12,17H,3,6-11H2,1H3. The van der Waals surface area contributed by atoms with Crippen molar-refractivity contribution in [3.05, 3.63) is 24.3 Å². The molecule has 1 aliphatic heterocycles. The summed E-state index contributed by atoms with van der Waals surface area (Å²) in [6.07, 6.45) is 0.874. The second-order valence-corrected chi connectivity index (χ2v) is 4.61. The number of hydrogen-bond donors (Lipinski definition) is 1. The van der Waals surface area contributed by atoms with E-state index in [1.807, 2.05) is 12.1 Å². The average Bonchev–Trinajstić information content (AvgIpc) is 2.46. The maximum atomic E-state index is 8.83. The van der Waals surface area contributed by atoms with Crippen LogP contribution in [0, 0.1) is 0 Å². The van der Waals surface area contributed by atoms with E-state index in [1.165, 1.54) is 5.69 Å². The first kappa shape index (κ1) is 13.2. The van der Waals surface area contributed by atoms with E-state index in [0.717, 1.165) is 44.9 Å². The second-order valence-electron chi connectivity index (χ2n) is 4.61. The summed E-state index contributed by atoms with van der Waals surface area (Å²) in [5.41, 5.74) is 1.23. The van der Waals surface area contributed by atoms with E-state index in [1.54, 1.807) is 7.11 Å². The summed E-state index contributed by atoms with van der Waals surface area (Å²) in [7, 11) is 1.70. The molecule has 0 bridgehead atoms. The van der Waals surface area contributed by atoms with Crippen LogP contribution in [0.1, 0.15) is 6.42 Å². The first-order valence-electron chi connectivity index (χ1n) is 6.55. The fourth-order valence-corrected chi connectivity index (χ4v) is 2.33. The molecule has 18 heavy (non-hydrogen) atoms. The molecule has 0 aromatic heterocycles. The molecule has 0 unspecified atom stereocenters. The lowest BCUT2D eigenvalue weighted by atomic mass is 10.2. The molecule has 0 spiro atoms. The van der Waals surface area contributed by atoms with Gasteiger partial charge in [0.2, 0.25) is 0 Å². The number of nitrogens with zero attached hydrogens (tertiary/aromatic N) is 2. The summed E-state index contributed by atoms with van der Waals surface area (Å²) >= 11 is 0. The van der Waals surface area contributed by atoms with Crippen molar-refractivity contribution in [2.24, 2.45) is 0 Å². The van der Waals surface area contributed by atoms with Crippen LogP contribution in [0.2, 0.25) is 0 Å². The molecule has 4 heteroatoms. The minimum Gasteiger partial charge on any atom is -0.497 e. The Labute approximate surface area is 109 Å². The van der Waals surface area contributed by atoms with Gasteiger partial charge in [-0.1, -0.05) is 6.07 Å². The van der Waals surface area contributed by atoms with Gasteiger partial charge in [-0.15, -0.1) is 0 Å². The highest BCUT2D eigenvalue weighted by Crippen LogP contribution is 2.21. The van der Waals surface area contributed by atoms with Crippen LogP contribution in [0.25, 0.3) is 0 Å². The summed E-state index contributed by atoms with van der Waals surface area (Å²) in [5, 5.41) is 8.83. The van der Waals surface area contributed by atoms with Gasteiger partial charge in [0.05, 0.1) is 7.11 Å². The quantitative estimate of drug-likeness (QED) is 0.852. The van der Waals surface area contributed by atoms with Crippen LogP contribution in [-0.4, -0.2) is 56.4 Å². The van der Waals surface area contributed by atoms with Crippen molar-refractivity contribution in [1.82, 2.24) is 4.90 Å². The Morgan fingerprint density at radius 3 is 2.67 bits per heavy atom. The van der Waals surface area contributed by atoms with Crippen molar-refractivity contribution in [2.75, 3.05) is 51.3 Å². The molecule has 1 fully saturated rings. The molecular weight excluding hydrogens is 228 g/mol. The topological polar surface area (TPSA) is 35.9 Å². The number of piperazine rings is 1. The van der Waals surface area contributed by atoms with Gasteiger partial charge in [0.1, 0.15) is 5.75 Å². The van der Waals surface area contributed by atoms with Crippen LogP contribution >= 0.6 is 0 Å². The van der Waals surface area contributed by atoms with Gasteiger partial charge in [0.25, 0.3) is 0 Å². The first-order chi connectivity index (χ1) is 8.83. The van der Waals surface area contributed by atoms with Gasteiger partial charge in [-0.2, -0.15) is 0 Å². The van der Waals surface area contributed by atoms with Gasteiger partial charge in [-0.3, -0.25) is 4.90 Å². The Hall–Kier alpha value is -1.26. The predicted molar refractivity (Wildman–Crippen MR) is 73.3 cm³/mol. The minimum atomic E-state index is 0.288. The number of anilines is 1. The van der Waals surface area contributed by atoms with E-state index < -0.39 is 0 Å². The zero-order chi connectivity index (χ0) is 12.8. The highest BCUT2D eigenvalue weighted by atomic mass is 16.5. The molecule has 1 N–H and O–H groups in total. The van der Waals surface area contributed by atoms with Gasteiger partial charge in [0.15, 0.2) is 0 Å². The fourth-order valence-electron chi connectivity index (χ4n) is 2.33. The predicted octanol–water partition coefficient (Wildman–Crippen LogP) is 1.20. The highest BCUT2D eigenvalue weighted by Gasteiger charge is 2.16. The summed E-state index contributed by atoms with van der Waals surface area (Å²) in [4.78, 5) is 4.80. The minimum absolute atomic E-state index is 0.288. The van der Waals surface area contributed by atoms with E-state index in [4.69, 9.17) is 9.84 Å². The molecule has 0 aliphatic carbocycles. The number of methoxy groups -OCH3 is 1. The van der Waals surface area contributed by atoms with Crippen molar-refractivity contribution in [1.29, 1.82) is 0 Å². The van der Waals surface area contributed by atoms with Crippen LogP contribution in [0.3, 0.4) is 0 Å². The first-order valence-corrected chi connectivity index (χ1v) is 6.55. The number of hydrogen-bond acceptors (Lipinski definition) is 4. The van der Waals surface area contributed by atoms with Crippen LogP contribution < -0.4 is 9.64 Å². The third-order valence-corrected chi connectivity index (χ3v) is 3.42. The van der Waals surface area contributed by atoms with Gasteiger partial charge < -0.3 is 14.7 Å². The summed E-state index contributed by atoms with van der Waals surface area (Å²) in [6.45, 7) is 5.50. The Morgan fingerprint density at radius 1 is 1.22 bits per heavy atom. The lowest BCUT2D eigenvalue weighted by Crippen LogP contribution is -2.46. The summed E-state index contributed by atoms with van der Waals surface area (Å²) in [5.74, 6) is 0.912. The Kier molecular flexibility index (Phi) is 4.84. The van der Waals surface area contributed by atoms with E-state index >= 15 is 0 Å². The molecule has 0 saturated carbocycles. The number of aliphatic hydroxyl groups excluding tert-OH is 1. The van der Waals surface area contributed by atoms with E-state index in [0.29, 0.717) is 0 Å². The molecule has 1 aromatic rings. The highest BCUT2D eigenvalue weighted by molar-refractivity contribution is 5.51. The number of ether oxygens (including phenoxy) is 1. The molecule has 100 valence electrons. The molecule has 1 aliphatic rings. The zero-order valence-corrected chi connectivity index (χ0v) is 11.0. The van der Waals surface area contributed by atoms with Crippen LogP contribution in [0.4, 0.5) is 5.69 Å². The van der Waals surface area contributed by atoms with Crippen LogP contribution in [-0.2, 0) is 0 Å². The smallest absolute Gasteiger partial charge is 0.120 e. The third kappa shape index (κ3) is 3.37. The average molecular weight is 250 g/mol. The van der Waals surface area contributed by atoms with Crippen LogP contribution in [0.5, 0.6) is 5.75 Å². The maximum Gasteiger partial charge on any atom is 0.120 e. The summed E-state index contributed by atoms with van der Waals surface area (Å²) < 4.78 is 5.26. The van der Waals surface area contributed by atoms with Gasteiger partial charge >= 0.3 is 0 Å². The van der Waals surface area contributed by atoms with E-state index in [2.05, 4.69) is 21.9 Å². The van der Waals surface area contributed by atoms with Crippen molar-refractivity contribution >= 4 is 5.69 Å². The Balaban J connectivity index is 1.88. The molecule has 1 aromatic carbocycles.